The zero-order valence-corrected chi connectivity index (χ0v) is 17.8. The SMILES string of the molecule is C=CC(=O)N1CCO[C@H](c2cc(Cl)nc(-c3cc(C(=O)NC)ncc3OC)c2)[C@H]1C. The molecular formula is C21H23ClN4O4. The number of halogens is 1. The smallest absolute Gasteiger partial charge is 0.269 e. The van der Waals surface area contributed by atoms with E-state index >= 15 is 0 Å². The molecule has 2 aromatic rings. The first-order chi connectivity index (χ1) is 14.4. The Labute approximate surface area is 179 Å². The van der Waals surface area contributed by atoms with Crippen LogP contribution in [-0.2, 0) is 9.53 Å². The van der Waals surface area contributed by atoms with Crippen molar-refractivity contribution in [2.24, 2.45) is 0 Å². The van der Waals surface area contributed by atoms with Gasteiger partial charge in [-0.1, -0.05) is 18.2 Å². The average Bonchev–Trinajstić information content (AvgIpc) is 2.77. The number of hydrogen-bond donors (Lipinski definition) is 1. The second kappa shape index (κ2) is 9.23. The third kappa shape index (κ3) is 4.29. The lowest BCUT2D eigenvalue weighted by atomic mass is 9.99. The normalized spacial score (nSPS) is 18.6. The summed E-state index contributed by atoms with van der Waals surface area (Å²) in [6.45, 7) is 6.36. The summed E-state index contributed by atoms with van der Waals surface area (Å²) in [7, 11) is 3.04. The zero-order valence-electron chi connectivity index (χ0n) is 17.0. The molecule has 8 nitrogen and oxygen atoms in total. The number of nitrogens with one attached hydrogen (secondary N) is 1. The molecule has 2 aromatic heterocycles. The lowest BCUT2D eigenvalue weighted by Gasteiger charge is -2.39. The van der Waals surface area contributed by atoms with Crippen LogP contribution in [0.3, 0.4) is 0 Å². The van der Waals surface area contributed by atoms with E-state index in [4.69, 9.17) is 21.1 Å². The average molecular weight is 431 g/mol. The molecule has 0 saturated carbocycles. The van der Waals surface area contributed by atoms with Gasteiger partial charge in [0.15, 0.2) is 0 Å². The first-order valence-corrected chi connectivity index (χ1v) is 9.76. The standard InChI is InChI=1S/C21H23ClN4O4/c1-5-19(27)26-6-7-30-20(12(26)2)13-8-15(25-18(22)9-13)14-10-16(21(28)23-3)24-11-17(14)29-4/h5,8-12,20H,1,6-7H2,2-4H3,(H,23,28)/t12-,20+/m1/s1. The number of nitrogens with zero attached hydrogens (tertiary/aromatic N) is 3. The molecule has 2 atom stereocenters. The Morgan fingerprint density at radius 3 is 2.83 bits per heavy atom. The van der Waals surface area contributed by atoms with Gasteiger partial charge in [0, 0.05) is 19.2 Å². The summed E-state index contributed by atoms with van der Waals surface area (Å²) in [5, 5.41) is 2.80. The highest BCUT2D eigenvalue weighted by Crippen LogP contribution is 2.35. The molecule has 0 aliphatic carbocycles. The maximum absolute atomic E-state index is 12.2. The van der Waals surface area contributed by atoms with Gasteiger partial charge in [-0.2, -0.15) is 0 Å². The second-order valence-electron chi connectivity index (χ2n) is 6.73. The van der Waals surface area contributed by atoms with Gasteiger partial charge in [0.25, 0.3) is 5.91 Å². The van der Waals surface area contributed by atoms with Crippen LogP contribution >= 0.6 is 11.6 Å². The fourth-order valence-corrected chi connectivity index (χ4v) is 3.68. The quantitative estimate of drug-likeness (QED) is 0.579. The van der Waals surface area contributed by atoms with Gasteiger partial charge in [0.05, 0.1) is 31.6 Å². The minimum atomic E-state index is -0.395. The largest absolute Gasteiger partial charge is 0.494 e. The molecule has 3 rings (SSSR count). The van der Waals surface area contributed by atoms with Gasteiger partial charge >= 0.3 is 0 Å². The molecule has 0 radical (unpaired) electrons. The van der Waals surface area contributed by atoms with Crippen molar-refractivity contribution in [3.8, 4) is 17.0 Å². The number of amides is 2. The summed E-state index contributed by atoms with van der Waals surface area (Å²) < 4.78 is 11.4. The molecular weight excluding hydrogens is 408 g/mol. The molecule has 30 heavy (non-hydrogen) atoms. The first-order valence-electron chi connectivity index (χ1n) is 9.38. The lowest BCUT2D eigenvalue weighted by Crippen LogP contribution is -2.48. The number of aromatic nitrogens is 2. The Morgan fingerprint density at radius 2 is 2.17 bits per heavy atom. The van der Waals surface area contributed by atoms with E-state index in [1.165, 1.54) is 26.4 Å². The van der Waals surface area contributed by atoms with Crippen LogP contribution in [0.15, 0.2) is 37.1 Å². The van der Waals surface area contributed by atoms with E-state index in [1.807, 2.05) is 13.0 Å². The van der Waals surface area contributed by atoms with E-state index in [0.29, 0.717) is 30.2 Å². The van der Waals surface area contributed by atoms with E-state index < -0.39 is 6.10 Å². The number of ether oxygens (including phenoxy) is 2. The topological polar surface area (TPSA) is 93.7 Å². The molecule has 9 heteroatoms. The van der Waals surface area contributed by atoms with E-state index in [1.54, 1.807) is 17.0 Å². The molecule has 158 valence electrons. The second-order valence-corrected chi connectivity index (χ2v) is 7.11. The number of methoxy groups -OCH3 is 1. The summed E-state index contributed by atoms with van der Waals surface area (Å²) in [6.07, 6.45) is 2.37. The molecule has 1 saturated heterocycles. The molecule has 3 heterocycles. The Balaban J connectivity index is 2.05. The Kier molecular flexibility index (Phi) is 6.69. The van der Waals surface area contributed by atoms with Crippen LogP contribution in [0.5, 0.6) is 5.75 Å². The minimum absolute atomic E-state index is 0.151. The maximum atomic E-state index is 12.2. The van der Waals surface area contributed by atoms with Crippen molar-refractivity contribution in [2.75, 3.05) is 27.3 Å². The van der Waals surface area contributed by atoms with E-state index in [-0.39, 0.29) is 28.7 Å². The predicted molar refractivity (Wildman–Crippen MR) is 112 cm³/mol. The highest BCUT2D eigenvalue weighted by atomic mass is 35.5. The number of pyridine rings is 2. The molecule has 0 bridgehead atoms. The summed E-state index contributed by atoms with van der Waals surface area (Å²) in [5.41, 5.74) is 2.06. The van der Waals surface area contributed by atoms with Crippen molar-refractivity contribution in [1.29, 1.82) is 0 Å². The lowest BCUT2D eigenvalue weighted by molar-refractivity contribution is -0.140. The van der Waals surface area contributed by atoms with Crippen LogP contribution in [0.1, 0.15) is 29.1 Å². The third-order valence-corrected chi connectivity index (χ3v) is 5.18. The summed E-state index contributed by atoms with van der Waals surface area (Å²) in [4.78, 5) is 34.4. The van der Waals surface area contributed by atoms with Gasteiger partial charge in [-0.3, -0.25) is 9.59 Å². The number of rotatable bonds is 5. The van der Waals surface area contributed by atoms with Gasteiger partial charge in [-0.15, -0.1) is 0 Å². The van der Waals surface area contributed by atoms with Crippen molar-refractivity contribution in [3.63, 3.8) is 0 Å². The van der Waals surface area contributed by atoms with Crippen LogP contribution in [0.25, 0.3) is 11.3 Å². The fourth-order valence-electron chi connectivity index (χ4n) is 3.46. The molecule has 1 N–H and O–H groups in total. The van der Waals surface area contributed by atoms with Crippen molar-refractivity contribution in [3.05, 3.63) is 53.5 Å². The summed E-state index contributed by atoms with van der Waals surface area (Å²) in [6, 6.07) is 4.90. The number of morpholine rings is 1. The summed E-state index contributed by atoms with van der Waals surface area (Å²) >= 11 is 6.32. The Morgan fingerprint density at radius 1 is 1.40 bits per heavy atom. The van der Waals surface area contributed by atoms with Crippen LogP contribution in [-0.4, -0.2) is 60.0 Å². The summed E-state index contributed by atoms with van der Waals surface area (Å²) in [5.74, 6) is -0.0318. The number of hydrogen-bond acceptors (Lipinski definition) is 6. The van der Waals surface area contributed by atoms with Crippen LogP contribution < -0.4 is 10.1 Å². The molecule has 0 spiro atoms. The van der Waals surface area contributed by atoms with E-state index in [0.717, 1.165) is 5.56 Å². The van der Waals surface area contributed by atoms with E-state index in [9.17, 15) is 9.59 Å². The zero-order chi connectivity index (χ0) is 21.8. The Bertz CT molecular complexity index is 981. The van der Waals surface area contributed by atoms with Gasteiger partial charge in [0.2, 0.25) is 5.91 Å². The first kappa shape index (κ1) is 21.7. The van der Waals surface area contributed by atoms with Gasteiger partial charge in [-0.05, 0) is 36.8 Å². The molecule has 1 fully saturated rings. The molecule has 0 unspecified atom stereocenters. The molecule has 1 aliphatic rings. The van der Waals surface area contributed by atoms with Crippen molar-refractivity contribution < 1.29 is 19.1 Å². The van der Waals surface area contributed by atoms with Crippen molar-refractivity contribution in [2.45, 2.75) is 19.1 Å². The fraction of sp³-hybridized carbons (Fsp3) is 0.333. The molecule has 1 aliphatic heterocycles. The number of carbonyl (C=O) groups is 2. The Hall–Kier alpha value is -2.97. The molecule has 0 aromatic carbocycles. The third-order valence-electron chi connectivity index (χ3n) is 4.98. The highest BCUT2D eigenvalue weighted by Gasteiger charge is 2.32. The molecule has 2 amide bonds. The van der Waals surface area contributed by atoms with Gasteiger partial charge in [-0.25, -0.2) is 9.97 Å². The maximum Gasteiger partial charge on any atom is 0.269 e. The number of carbonyl (C=O) groups excluding carboxylic acids is 2. The van der Waals surface area contributed by atoms with Crippen molar-refractivity contribution in [1.82, 2.24) is 20.2 Å². The van der Waals surface area contributed by atoms with Gasteiger partial charge < -0.3 is 19.7 Å². The monoisotopic (exact) mass is 430 g/mol. The van der Waals surface area contributed by atoms with Crippen molar-refractivity contribution >= 4 is 23.4 Å². The van der Waals surface area contributed by atoms with Crippen LogP contribution in [0, 0.1) is 0 Å². The van der Waals surface area contributed by atoms with Crippen LogP contribution in [0.4, 0.5) is 0 Å². The minimum Gasteiger partial charge on any atom is -0.494 e. The van der Waals surface area contributed by atoms with E-state index in [2.05, 4.69) is 21.9 Å². The predicted octanol–water partition coefficient (Wildman–Crippen LogP) is 2.64. The van der Waals surface area contributed by atoms with Gasteiger partial charge in [0.1, 0.15) is 22.7 Å². The highest BCUT2D eigenvalue weighted by molar-refractivity contribution is 6.29. The van der Waals surface area contributed by atoms with Crippen LogP contribution in [0.2, 0.25) is 5.15 Å².